The minimum atomic E-state index is -4.54. The van der Waals surface area contributed by atoms with Gasteiger partial charge in [-0.3, -0.25) is 14.2 Å². The van der Waals surface area contributed by atoms with Crippen LogP contribution in [-0.2, 0) is 12.7 Å². The zero-order valence-electron chi connectivity index (χ0n) is 15.3. The maximum Gasteiger partial charge on any atom is 0.416 e. The summed E-state index contributed by atoms with van der Waals surface area (Å²) < 4.78 is 41.0. The van der Waals surface area contributed by atoms with Crippen molar-refractivity contribution in [2.75, 3.05) is 0 Å². The number of carbonyl (C=O) groups excluding carboxylic acids is 1. The number of aromatic nitrogens is 1. The molecule has 0 aliphatic carbocycles. The topological polar surface area (TPSA) is 51.1 Å². The quantitative estimate of drug-likeness (QED) is 0.599. The highest BCUT2D eigenvalue weighted by Gasteiger charge is 2.30. The summed E-state index contributed by atoms with van der Waals surface area (Å²) in [5, 5.41) is 2.67. The summed E-state index contributed by atoms with van der Waals surface area (Å²) in [5.74, 6) is -0.605. The van der Waals surface area contributed by atoms with E-state index in [-0.39, 0.29) is 17.8 Å². The van der Waals surface area contributed by atoms with Gasteiger partial charge >= 0.3 is 6.18 Å². The smallest absolute Gasteiger partial charge is 0.348 e. The van der Waals surface area contributed by atoms with Gasteiger partial charge in [-0.05, 0) is 48.9 Å². The highest BCUT2D eigenvalue weighted by molar-refractivity contribution is 9.10. The lowest BCUT2D eigenvalue weighted by molar-refractivity contribution is -0.137. The molecule has 0 aliphatic rings. The predicted molar refractivity (Wildman–Crippen MR) is 107 cm³/mol. The Hall–Kier alpha value is -2.87. The molecule has 8 heteroatoms. The summed E-state index contributed by atoms with van der Waals surface area (Å²) in [4.78, 5) is 25.4. The molecule has 1 N–H and O–H groups in total. The highest BCUT2D eigenvalue weighted by atomic mass is 79.9. The van der Waals surface area contributed by atoms with Gasteiger partial charge in [0.25, 0.3) is 11.5 Å². The van der Waals surface area contributed by atoms with E-state index in [1.165, 1.54) is 24.3 Å². The van der Waals surface area contributed by atoms with Crippen molar-refractivity contribution >= 4 is 21.8 Å². The molecule has 0 saturated carbocycles. The second-order valence-corrected chi connectivity index (χ2v) is 7.21. The molecule has 3 rings (SSSR count). The second-order valence-electron chi connectivity index (χ2n) is 6.35. The summed E-state index contributed by atoms with van der Waals surface area (Å²) in [6, 6.07) is 14.6. The Morgan fingerprint density at radius 2 is 1.79 bits per heavy atom. The van der Waals surface area contributed by atoms with E-state index in [0.717, 1.165) is 26.7 Å². The van der Waals surface area contributed by atoms with Gasteiger partial charge in [0.05, 0.1) is 5.56 Å². The lowest BCUT2D eigenvalue weighted by Gasteiger charge is -2.14. The van der Waals surface area contributed by atoms with Gasteiger partial charge in [0.1, 0.15) is 5.56 Å². The van der Waals surface area contributed by atoms with E-state index < -0.39 is 23.2 Å². The van der Waals surface area contributed by atoms with E-state index in [0.29, 0.717) is 5.69 Å². The van der Waals surface area contributed by atoms with E-state index in [2.05, 4.69) is 21.2 Å². The van der Waals surface area contributed by atoms with Gasteiger partial charge < -0.3 is 5.32 Å². The van der Waals surface area contributed by atoms with Crippen LogP contribution < -0.4 is 10.9 Å². The Balaban J connectivity index is 1.94. The van der Waals surface area contributed by atoms with Crippen molar-refractivity contribution in [3.63, 3.8) is 0 Å². The normalized spacial score (nSPS) is 11.3. The average Bonchev–Trinajstić information content (AvgIpc) is 2.67. The summed E-state index contributed by atoms with van der Waals surface area (Å²) >= 11 is 3.38. The van der Waals surface area contributed by atoms with Crippen molar-refractivity contribution < 1.29 is 18.0 Å². The zero-order valence-corrected chi connectivity index (χ0v) is 16.8. The molecule has 0 saturated heterocycles. The van der Waals surface area contributed by atoms with Crippen molar-refractivity contribution in [3.8, 4) is 5.69 Å². The summed E-state index contributed by atoms with van der Waals surface area (Å²) in [5.41, 5.74) is -0.426. The first-order chi connectivity index (χ1) is 13.7. The first kappa shape index (κ1) is 20.9. The second kappa shape index (κ2) is 8.24. The summed E-state index contributed by atoms with van der Waals surface area (Å²) in [6.07, 6.45) is -4.54. The molecule has 2 aromatic carbocycles. The minimum Gasteiger partial charge on any atom is -0.348 e. The van der Waals surface area contributed by atoms with E-state index in [1.54, 1.807) is 6.92 Å². The molecule has 1 aromatic heterocycles. The number of hydrogen-bond acceptors (Lipinski definition) is 2. The largest absolute Gasteiger partial charge is 0.416 e. The van der Waals surface area contributed by atoms with Crippen LogP contribution in [0.2, 0.25) is 0 Å². The Morgan fingerprint density at radius 3 is 2.48 bits per heavy atom. The number of benzene rings is 2. The van der Waals surface area contributed by atoms with Gasteiger partial charge in [0.15, 0.2) is 0 Å². The first-order valence-electron chi connectivity index (χ1n) is 8.60. The molecule has 29 heavy (non-hydrogen) atoms. The highest BCUT2D eigenvalue weighted by Crippen LogP contribution is 2.30. The molecular formula is C21H16BrF3N2O2. The fourth-order valence-electron chi connectivity index (χ4n) is 2.86. The molecule has 3 aromatic rings. The minimum absolute atomic E-state index is 0.0442. The fraction of sp³-hybridized carbons (Fsp3) is 0.143. The molecule has 1 heterocycles. The van der Waals surface area contributed by atoms with Crippen molar-refractivity contribution in [3.05, 3.63) is 97.9 Å². The van der Waals surface area contributed by atoms with Gasteiger partial charge in [-0.1, -0.05) is 40.2 Å². The Kier molecular flexibility index (Phi) is 5.93. The van der Waals surface area contributed by atoms with Crippen LogP contribution in [0.25, 0.3) is 5.69 Å². The molecule has 150 valence electrons. The Bertz CT molecular complexity index is 1120. The lowest BCUT2D eigenvalue weighted by atomic mass is 10.1. The molecule has 4 nitrogen and oxygen atoms in total. The van der Waals surface area contributed by atoms with E-state index in [4.69, 9.17) is 0 Å². The van der Waals surface area contributed by atoms with Gasteiger partial charge in [0.2, 0.25) is 0 Å². The summed E-state index contributed by atoms with van der Waals surface area (Å²) in [7, 11) is 0. The number of rotatable bonds is 4. The summed E-state index contributed by atoms with van der Waals surface area (Å²) in [6.45, 7) is 1.78. The number of pyridine rings is 1. The average molecular weight is 465 g/mol. The molecule has 0 radical (unpaired) electrons. The van der Waals surface area contributed by atoms with Gasteiger partial charge in [-0.15, -0.1) is 0 Å². The number of nitrogens with one attached hydrogen (secondary N) is 1. The standard InChI is InChI=1S/C21H16BrF3N2O2/c1-13-9-10-17(19(28)26-12-14-5-2-3-8-18(14)22)20(29)27(13)16-7-4-6-15(11-16)21(23,24)25/h2-11H,12H2,1H3,(H,26,28). The lowest BCUT2D eigenvalue weighted by Crippen LogP contribution is -2.33. The van der Waals surface area contributed by atoms with Crippen molar-refractivity contribution in [1.82, 2.24) is 9.88 Å². The molecule has 0 bridgehead atoms. The van der Waals surface area contributed by atoms with Crippen molar-refractivity contribution in [2.24, 2.45) is 0 Å². The van der Waals surface area contributed by atoms with E-state index in [1.807, 2.05) is 24.3 Å². The molecule has 0 unspecified atom stereocenters. The third-order valence-corrected chi connectivity index (χ3v) is 5.12. The van der Waals surface area contributed by atoms with Crippen LogP contribution in [0.1, 0.15) is 27.2 Å². The first-order valence-corrected chi connectivity index (χ1v) is 9.39. The number of aryl methyl sites for hydroxylation is 1. The monoisotopic (exact) mass is 464 g/mol. The van der Waals surface area contributed by atoms with Crippen molar-refractivity contribution in [2.45, 2.75) is 19.6 Å². The maximum absolute atomic E-state index is 13.0. The number of nitrogens with zero attached hydrogens (tertiary/aromatic N) is 1. The van der Waals surface area contributed by atoms with Crippen LogP contribution in [0.3, 0.4) is 0 Å². The number of amides is 1. The van der Waals surface area contributed by atoms with E-state index in [9.17, 15) is 22.8 Å². The maximum atomic E-state index is 13.0. The predicted octanol–water partition coefficient (Wildman–Crippen LogP) is 4.86. The molecule has 0 aliphatic heterocycles. The van der Waals surface area contributed by atoms with Crippen LogP contribution in [0, 0.1) is 6.92 Å². The van der Waals surface area contributed by atoms with Crippen molar-refractivity contribution in [1.29, 1.82) is 0 Å². The molecule has 1 amide bonds. The van der Waals surface area contributed by atoms with Gasteiger partial charge in [-0.25, -0.2) is 0 Å². The van der Waals surface area contributed by atoms with E-state index >= 15 is 0 Å². The Morgan fingerprint density at radius 1 is 1.07 bits per heavy atom. The number of alkyl halides is 3. The molecule has 0 spiro atoms. The van der Waals surface area contributed by atoms with Crippen LogP contribution in [-0.4, -0.2) is 10.5 Å². The Labute approximate surface area is 173 Å². The number of carbonyl (C=O) groups is 1. The van der Waals surface area contributed by atoms with Gasteiger partial charge in [-0.2, -0.15) is 13.2 Å². The number of halogens is 4. The van der Waals surface area contributed by atoms with Gasteiger partial charge in [0, 0.05) is 22.4 Å². The molecular weight excluding hydrogens is 449 g/mol. The molecule has 0 atom stereocenters. The van der Waals surface area contributed by atoms with Crippen LogP contribution >= 0.6 is 15.9 Å². The third kappa shape index (κ3) is 4.59. The van der Waals surface area contributed by atoms with Crippen LogP contribution in [0.15, 0.2) is 69.9 Å². The number of hydrogen-bond donors (Lipinski definition) is 1. The fourth-order valence-corrected chi connectivity index (χ4v) is 3.28. The van der Waals surface area contributed by atoms with Crippen LogP contribution in [0.4, 0.5) is 13.2 Å². The SMILES string of the molecule is Cc1ccc(C(=O)NCc2ccccc2Br)c(=O)n1-c1cccc(C(F)(F)F)c1. The zero-order chi connectivity index (χ0) is 21.2. The van der Waals surface area contributed by atoms with Crippen LogP contribution in [0.5, 0.6) is 0 Å². The third-order valence-electron chi connectivity index (χ3n) is 4.35. The molecule has 0 fully saturated rings.